The van der Waals surface area contributed by atoms with Crippen LogP contribution in [0, 0.1) is 5.82 Å². The van der Waals surface area contributed by atoms with Crippen molar-refractivity contribution < 1.29 is 4.39 Å². The molecule has 12 heavy (non-hydrogen) atoms. The van der Waals surface area contributed by atoms with Gasteiger partial charge in [0.15, 0.2) is 0 Å². The largest absolute Gasteiger partial charge is 0.386 e. The van der Waals surface area contributed by atoms with Gasteiger partial charge in [-0.1, -0.05) is 0 Å². The van der Waals surface area contributed by atoms with Crippen molar-refractivity contribution in [1.29, 1.82) is 0 Å². The van der Waals surface area contributed by atoms with E-state index in [4.69, 9.17) is 17.3 Å². The Kier molecular flexibility index (Phi) is 3.05. The van der Waals surface area contributed by atoms with Crippen molar-refractivity contribution in [2.75, 3.05) is 5.88 Å². The smallest absolute Gasteiger partial charge is 0.123 e. The lowest BCUT2D eigenvalue weighted by Gasteiger charge is -1.95. The molecular weight excluding hydrogens is 179 g/mol. The Morgan fingerprint density at radius 3 is 2.50 bits per heavy atom. The first-order valence-corrected chi connectivity index (χ1v) is 3.90. The third-order valence-electron chi connectivity index (χ3n) is 1.24. The number of benzene rings is 1. The van der Waals surface area contributed by atoms with Crippen molar-refractivity contribution >= 4 is 23.1 Å². The van der Waals surface area contributed by atoms with E-state index in [1.54, 1.807) is 0 Å². The molecule has 0 saturated carbocycles. The lowest BCUT2D eigenvalue weighted by molar-refractivity contribution is 0.628. The van der Waals surface area contributed by atoms with Crippen molar-refractivity contribution in [3.05, 3.63) is 30.1 Å². The molecule has 0 fully saturated rings. The van der Waals surface area contributed by atoms with E-state index in [2.05, 4.69) is 4.99 Å². The lowest BCUT2D eigenvalue weighted by Crippen LogP contribution is -2.12. The molecule has 2 N–H and O–H groups in total. The molecule has 0 unspecified atom stereocenters. The van der Waals surface area contributed by atoms with Gasteiger partial charge < -0.3 is 5.73 Å². The van der Waals surface area contributed by atoms with E-state index < -0.39 is 0 Å². The molecule has 0 radical (unpaired) electrons. The normalized spacial score (nSPS) is 11.7. The molecule has 4 heteroatoms. The van der Waals surface area contributed by atoms with Gasteiger partial charge in [-0.25, -0.2) is 9.38 Å². The molecule has 0 aliphatic heterocycles. The highest BCUT2D eigenvalue weighted by Crippen LogP contribution is 2.11. The first kappa shape index (κ1) is 9.00. The Bertz CT molecular complexity index is 282. The fourth-order valence-corrected chi connectivity index (χ4v) is 0.771. The van der Waals surface area contributed by atoms with Crippen LogP contribution in [0.2, 0.25) is 0 Å². The van der Waals surface area contributed by atoms with E-state index in [9.17, 15) is 4.39 Å². The summed E-state index contributed by atoms with van der Waals surface area (Å²) in [5.74, 6) is 0.207. The van der Waals surface area contributed by atoms with Crippen LogP contribution in [-0.2, 0) is 0 Å². The summed E-state index contributed by atoms with van der Waals surface area (Å²) in [6, 6.07) is 5.71. The topological polar surface area (TPSA) is 38.4 Å². The molecular formula is C8H8ClFN2. The number of rotatable bonds is 2. The number of hydrogen-bond acceptors (Lipinski definition) is 1. The summed E-state index contributed by atoms with van der Waals surface area (Å²) in [6.45, 7) is 0. The molecule has 2 nitrogen and oxygen atoms in total. The summed E-state index contributed by atoms with van der Waals surface area (Å²) in [4.78, 5) is 3.91. The Morgan fingerprint density at radius 2 is 2.00 bits per heavy atom. The van der Waals surface area contributed by atoms with Crippen molar-refractivity contribution in [2.45, 2.75) is 0 Å². The lowest BCUT2D eigenvalue weighted by atomic mass is 10.3. The summed E-state index contributed by atoms with van der Waals surface area (Å²) in [6.07, 6.45) is 0. The molecule has 0 amide bonds. The predicted octanol–water partition coefficient (Wildman–Crippen LogP) is 2.05. The zero-order valence-corrected chi connectivity index (χ0v) is 7.05. The molecule has 0 aromatic heterocycles. The minimum atomic E-state index is -0.293. The molecule has 0 heterocycles. The third-order valence-corrected chi connectivity index (χ3v) is 1.51. The highest BCUT2D eigenvalue weighted by Gasteiger charge is 1.92. The molecule has 1 aromatic rings. The zero-order chi connectivity index (χ0) is 8.97. The van der Waals surface area contributed by atoms with Crippen molar-refractivity contribution in [2.24, 2.45) is 10.7 Å². The van der Waals surface area contributed by atoms with Gasteiger partial charge in [0.2, 0.25) is 0 Å². The molecule has 0 aliphatic carbocycles. The van der Waals surface area contributed by atoms with Gasteiger partial charge in [0, 0.05) is 0 Å². The first-order valence-electron chi connectivity index (χ1n) is 3.37. The second kappa shape index (κ2) is 4.07. The van der Waals surface area contributed by atoms with Crippen LogP contribution in [0.3, 0.4) is 0 Å². The Morgan fingerprint density at radius 1 is 1.42 bits per heavy atom. The highest BCUT2D eigenvalue weighted by molar-refractivity contribution is 6.28. The molecule has 0 saturated heterocycles. The van der Waals surface area contributed by atoms with E-state index in [-0.39, 0.29) is 11.7 Å². The maximum absolute atomic E-state index is 12.4. The molecule has 0 aliphatic rings. The number of amidine groups is 1. The van der Waals surface area contributed by atoms with E-state index in [0.717, 1.165) is 0 Å². The molecule has 1 aromatic carbocycles. The van der Waals surface area contributed by atoms with Crippen LogP contribution >= 0.6 is 11.6 Å². The quantitative estimate of drug-likeness (QED) is 0.429. The van der Waals surface area contributed by atoms with Crippen LogP contribution in [0.4, 0.5) is 10.1 Å². The standard InChI is InChI=1S/C8H8ClFN2/c9-5-8(11)12-7-3-1-6(10)2-4-7/h1-4H,5H2,(H2,11,12). The van der Waals surface area contributed by atoms with Crippen LogP contribution < -0.4 is 5.73 Å². The molecule has 0 spiro atoms. The maximum Gasteiger partial charge on any atom is 0.123 e. The van der Waals surface area contributed by atoms with Crippen LogP contribution in [0.25, 0.3) is 0 Å². The molecule has 1 rings (SSSR count). The SMILES string of the molecule is NC(CCl)=Nc1ccc(F)cc1. The minimum absolute atomic E-state index is 0.178. The third kappa shape index (κ3) is 2.51. The van der Waals surface area contributed by atoms with Gasteiger partial charge >= 0.3 is 0 Å². The summed E-state index contributed by atoms with van der Waals surface area (Å²) in [7, 11) is 0. The fraction of sp³-hybridized carbons (Fsp3) is 0.125. The van der Waals surface area contributed by atoms with Gasteiger partial charge in [-0.3, -0.25) is 0 Å². The van der Waals surface area contributed by atoms with Crippen LogP contribution in [0.5, 0.6) is 0 Å². The first-order chi connectivity index (χ1) is 5.72. The van der Waals surface area contributed by atoms with E-state index >= 15 is 0 Å². The number of aliphatic imine (C=N–C) groups is 1. The predicted molar refractivity (Wildman–Crippen MR) is 48.4 cm³/mol. The van der Waals surface area contributed by atoms with E-state index in [1.165, 1.54) is 24.3 Å². The van der Waals surface area contributed by atoms with Crippen molar-refractivity contribution in [3.8, 4) is 0 Å². The highest BCUT2D eigenvalue weighted by atomic mass is 35.5. The number of nitrogens with two attached hydrogens (primary N) is 1. The monoisotopic (exact) mass is 186 g/mol. The summed E-state index contributed by atoms with van der Waals surface area (Å²) in [5.41, 5.74) is 5.97. The van der Waals surface area contributed by atoms with Crippen LogP contribution in [-0.4, -0.2) is 11.7 Å². The molecule has 0 atom stereocenters. The van der Waals surface area contributed by atoms with E-state index in [0.29, 0.717) is 11.5 Å². The second-order valence-corrected chi connectivity index (χ2v) is 2.48. The van der Waals surface area contributed by atoms with Gasteiger partial charge in [-0.15, -0.1) is 11.6 Å². The van der Waals surface area contributed by atoms with Gasteiger partial charge in [0.1, 0.15) is 11.7 Å². The number of nitrogens with zero attached hydrogens (tertiary/aromatic N) is 1. The number of halogens is 2. The second-order valence-electron chi connectivity index (χ2n) is 2.21. The average molecular weight is 187 g/mol. The minimum Gasteiger partial charge on any atom is -0.386 e. The van der Waals surface area contributed by atoms with Crippen LogP contribution in [0.1, 0.15) is 0 Å². The Hall–Kier alpha value is -1.09. The summed E-state index contributed by atoms with van der Waals surface area (Å²) in [5, 5.41) is 0. The maximum atomic E-state index is 12.4. The zero-order valence-electron chi connectivity index (χ0n) is 6.30. The fourth-order valence-electron chi connectivity index (χ4n) is 0.711. The van der Waals surface area contributed by atoms with Gasteiger partial charge in [0.25, 0.3) is 0 Å². The molecule has 64 valence electrons. The van der Waals surface area contributed by atoms with Crippen molar-refractivity contribution in [3.63, 3.8) is 0 Å². The summed E-state index contributed by atoms with van der Waals surface area (Å²) < 4.78 is 12.4. The van der Waals surface area contributed by atoms with Gasteiger partial charge in [-0.05, 0) is 24.3 Å². The number of alkyl halides is 1. The van der Waals surface area contributed by atoms with Crippen molar-refractivity contribution in [1.82, 2.24) is 0 Å². The van der Waals surface area contributed by atoms with E-state index in [1.807, 2.05) is 0 Å². The van der Waals surface area contributed by atoms with Gasteiger partial charge in [0.05, 0.1) is 11.6 Å². The Labute approximate surface area is 74.9 Å². The average Bonchev–Trinajstić information content (AvgIpc) is 2.09. The molecule has 0 bridgehead atoms. The Balaban J connectivity index is 2.84. The van der Waals surface area contributed by atoms with Gasteiger partial charge in [-0.2, -0.15) is 0 Å². The summed E-state index contributed by atoms with van der Waals surface area (Å²) >= 11 is 5.40. The van der Waals surface area contributed by atoms with Crippen LogP contribution in [0.15, 0.2) is 29.3 Å². The number of hydrogen-bond donors (Lipinski definition) is 1.